The molecule has 2 amide bonds. The van der Waals surface area contributed by atoms with Gasteiger partial charge in [-0.05, 0) is 32.0 Å². The number of benzene rings is 2. The fourth-order valence-electron chi connectivity index (χ4n) is 2.65. The standard InChI is InChI=1S/C20H19F2N3O6/c1-3-24(11-17(26)23-18-15(21)6-5-7-16(18)22)19(27)12-8-13(20(28)31-4-2)10-14(9-12)25(29)30/h5-10H,3-4,11H2,1-2H3,(H,23,26). The van der Waals surface area contributed by atoms with E-state index in [2.05, 4.69) is 5.32 Å². The van der Waals surface area contributed by atoms with Crippen LogP contribution in [0.2, 0.25) is 0 Å². The third-order valence-electron chi connectivity index (χ3n) is 4.12. The third-order valence-corrected chi connectivity index (χ3v) is 4.12. The second kappa shape index (κ2) is 10.2. The van der Waals surface area contributed by atoms with Crippen molar-refractivity contribution >= 4 is 29.2 Å². The number of non-ortho nitro benzene ring substituents is 1. The van der Waals surface area contributed by atoms with Gasteiger partial charge >= 0.3 is 5.97 Å². The molecule has 164 valence electrons. The zero-order chi connectivity index (χ0) is 23.1. The molecule has 0 heterocycles. The SMILES string of the molecule is CCOC(=O)c1cc(C(=O)N(CC)CC(=O)Nc2c(F)cccc2F)cc([N+](=O)[O-])c1. The molecule has 0 aliphatic heterocycles. The average Bonchev–Trinajstić information content (AvgIpc) is 2.74. The average molecular weight is 435 g/mol. The Hall–Kier alpha value is -3.89. The normalized spacial score (nSPS) is 10.3. The summed E-state index contributed by atoms with van der Waals surface area (Å²) in [5.74, 6) is -4.49. The van der Waals surface area contributed by atoms with Crippen LogP contribution in [0.5, 0.6) is 0 Å². The van der Waals surface area contributed by atoms with Gasteiger partial charge in [0, 0.05) is 24.2 Å². The summed E-state index contributed by atoms with van der Waals surface area (Å²) in [5, 5.41) is 13.2. The van der Waals surface area contributed by atoms with E-state index in [0.717, 1.165) is 41.3 Å². The number of rotatable bonds is 8. The highest BCUT2D eigenvalue weighted by Gasteiger charge is 2.23. The molecule has 2 rings (SSSR count). The summed E-state index contributed by atoms with van der Waals surface area (Å²) < 4.78 is 32.2. The number of nitro benzene ring substituents is 1. The molecule has 2 aromatic rings. The lowest BCUT2D eigenvalue weighted by atomic mass is 10.1. The first-order valence-electron chi connectivity index (χ1n) is 9.17. The van der Waals surface area contributed by atoms with E-state index in [0.29, 0.717) is 0 Å². The first-order valence-corrected chi connectivity index (χ1v) is 9.17. The molecule has 0 aromatic heterocycles. The number of para-hydroxylation sites is 1. The Balaban J connectivity index is 2.27. The summed E-state index contributed by atoms with van der Waals surface area (Å²) in [6.45, 7) is 2.54. The molecule has 0 aliphatic rings. The number of nitrogens with zero attached hydrogens (tertiary/aromatic N) is 2. The van der Waals surface area contributed by atoms with Crippen molar-refractivity contribution in [3.05, 3.63) is 69.3 Å². The van der Waals surface area contributed by atoms with Crippen LogP contribution in [-0.4, -0.2) is 47.3 Å². The van der Waals surface area contributed by atoms with Gasteiger partial charge in [0.2, 0.25) is 5.91 Å². The van der Waals surface area contributed by atoms with Gasteiger partial charge in [-0.25, -0.2) is 13.6 Å². The summed E-state index contributed by atoms with van der Waals surface area (Å²) in [6.07, 6.45) is 0. The zero-order valence-electron chi connectivity index (χ0n) is 16.7. The number of ether oxygens (including phenoxy) is 1. The summed E-state index contributed by atoms with van der Waals surface area (Å²) in [7, 11) is 0. The molecule has 0 unspecified atom stereocenters. The number of carbonyl (C=O) groups is 3. The molecule has 2 aromatic carbocycles. The summed E-state index contributed by atoms with van der Waals surface area (Å²) in [4.78, 5) is 48.5. The second-order valence-corrected chi connectivity index (χ2v) is 6.21. The van der Waals surface area contributed by atoms with Gasteiger partial charge in [-0.1, -0.05) is 6.07 Å². The summed E-state index contributed by atoms with van der Waals surface area (Å²) in [5.41, 5.74) is -1.59. The number of nitro groups is 1. The molecule has 0 saturated heterocycles. The van der Waals surface area contributed by atoms with Crippen LogP contribution >= 0.6 is 0 Å². The predicted octanol–water partition coefficient (Wildman–Crippen LogP) is 3.15. The molecule has 9 nitrogen and oxygen atoms in total. The molecule has 0 fully saturated rings. The Labute approximate surface area is 175 Å². The van der Waals surface area contributed by atoms with Crippen molar-refractivity contribution in [3.63, 3.8) is 0 Å². The Morgan fingerprint density at radius 2 is 1.71 bits per heavy atom. The number of halogens is 2. The van der Waals surface area contributed by atoms with E-state index in [4.69, 9.17) is 4.74 Å². The van der Waals surface area contributed by atoms with Gasteiger partial charge in [0.1, 0.15) is 23.9 Å². The van der Waals surface area contributed by atoms with E-state index in [1.165, 1.54) is 0 Å². The molecule has 0 spiro atoms. The van der Waals surface area contributed by atoms with Crippen LogP contribution in [0.4, 0.5) is 20.2 Å². The minimum Gasteiger partial charge on any atom is -0.462 e. The van der Waals surface area contributed by atoms with Gasteiger partial charge in [0.15, 0.2) is 0 Å². The Morgan fingerprint density at radius 3 is 2.26 bits per heavy atom. The van der Waals surface area contributed by atoms with E-state index in [1.54, 1.807) is 13.8 Å². The lowest BCUT2D eigenvalue weighted by molar-refractivity contribution is -0.384. The molecule has 11 heteroatoms. The number of hydrogen-bond donors (Lipinski definition) is 1. The van der Waals surface area contributed by atoms with Crippen LogP contribution in [-0.2, 0) is 9.53 Å². The number of anilines is 1. The van der Waals surface area contributed by atoms with Gasteiger partial charge in [0.05, 0.1) is 17.1 Å². The van der Waals surface area contributed by atoms with Gasteiger partial charge in [-0.15, -0.1) is 0 Å². The highest BCUT2D eigenvalue weighted by molar-refractivity contribution is 6.01. The molecule has 0 aliphatic carbocycles. The monoisotopic (exact) mass is 435 g/mol. The lowest BCUT2D eigenvalue weighted by Gasteiger charge is -2.21. The highest BCUT2D eigenvalue weighted by Crippen LogP contribution is 2.21. The number of carbonyl (C=O) groups excluding carboxylic acids is 3. The Kier molecular flexibility index (Phi) is 7.72. The van der Waals surface area contributed by atoms with E-state index >= 15 is 0 Å². The van der Waals surface area contributed by atoms with E-state index in [9.17, 15) is 33.3 Å². The lowest BCUT2D eigenvalue weighted by Crippen LogP contribution is -2.38. The molecule has 0 atom stereocenters. The first kappa shape index (κ1) is 23.4. The van der Waals surface area contributed by atoms with E-state index in [1.807, 2.05) is 0 Å². The molecular weight excluding hydrogens is 416 g/mol. The van der Waals surface area contributed by atoms with Gasteiger partial charge in [0.25, 0.3) is 11.6 Å². The fraction of sp³-hybridized carbons (Fsp3) is 0.250. The Bertz CT molecular complexity index is 1010. The van der Waals surface area contributed by atoms with Crippen LogP contribution in [0.1, 0.15) is 34.6 Å². The van der Waals surface area contributed by atoms with Crippen LogP contribution in [0.15, 0.2) is 36.4 Å². The highest BCUT2D eigenvalue weighted by atomic mass is 19.1. The minimum atomic E-state index is -0.986. The number of amides is 2. The quantitative estimate of drug-likeness (QED) is 0.387. The number of hydrogen-bond acceptors (Lipinski definition) is 6. The molecule has 0 saturated carbocycles. The van der Waals surface area contributed by atoms with Gasteiger partial charge in [-0.2, -0.15) is 0 Å². The van der Waals surface area contributed by atoms with Crippen LogP contribution in [0, 0.1) is 21.7 Å². The molecule has 0 bridgehead atoms. The topological polar surface area (TPSA) is 119 Å². The van der Waals surface area contributed by atoms with Crippen LogP contribution in [0.3, 0.4) is 0 Å². The molecule has 31 heavy (non-hydrogen) atoms. The number of esters is 1. The van der Waals surface area contributed by atoms with Crippen molar-refractivity contribution in [2.45, 2.75) is 13.8 Å². The summed E-state index contributed by atoms with van der Waals surface area (Å²) >= 11 is 0. The van der Waals surface area contributed by atoms with E-state index < -0.39 is 52.3 Å². The molecular formula is C20H19F2N3O6. The van der Waals surface area contributed by atoms with Crippen molar-refractivity contribution in [3.8, 4) is 0 Å². The van der Waals surface area contributed by atoms with Crippen molar-refractivity contribution in [2.24, 2.45) is 0 Å². The fourth-order valence-corrected chi connectivity index (χ4v) is 2.65. The first-order chi connectivity index (χ1) is 14.7. The zero-order valence-corrected chi connectivity index (χ0v) is 16.7. The number of likely N-dealkylation sites (N-methyl/N-ethyl adjacent to an activating group) is 1. The van der Waals surface area contributed by atoms with Gasteiger partial charge in [-0.3, -0.25) is 19.7 Å². The predicted molar refractivity (Wildman–Crippen MR) is 106 cm³/mol. The maximum absolute atomic E-state index is 13.7. The van der Waals surface area contributed by atoms with Crippen molar-refractivity contribution in [2.75, 3.05) is 25.0 Å². The molecule has 1 N–H and O–H groups in total. The van der Waals surface area contributed by atoms with E-state index in [-0.39, 0.29) is 24.3 Å². The summed E-state index contributed by atoms with van der Waals surface area (Å²) in [6, 6.07) is 6.10. The number of nitrogens with one attached hydrogen (secondary N) is 1. The largest absolute Gasteiger partial charge is 0.462 e. The maximum Gasteiger partial charge on any atom is 0.338 e. The van der Waals surface area contributed by atoms with Crippen LogP contribution in [0.25, 0.3) is 0 Å². The van der Waals surface area contributed by atoms with Crippen LogP contribution < -0.4 is 5.32 Å². The molecule has 0 radical (unpaired) electrons. The minimum absolute atomic E-state index is 0.00341. The second-order valence-electron chi connectivity index (χ2n) is 6.21. The van der Waals surface area contributed by atoms with Crippen molar-refractivity contribution in [1.82, 2.24) is 4.90 Å². The van der Waals surface area contributed by atoms with Crippen molar-refractivity contribution < 1.29 is 32.8 Å². The van der Waals surface area contributed by atoms with Crippen molar-refractivity contribution in [1.29, 1.82) is 0 Å². The Morgan fingerprint density at radius 1 is 1.10 bits per heavy atom. The maximum atomic E-state index is 13.7. The third kappa shape index (κ3) is 5.81. The smallest absolute Gasteiger partial charge is 0.338 e. The van der Waals surface area contributed by atoms with Gasteiger partial charge < -0.3 is 15.0 Å².